The van der Waals surface area contributed by atoms with Gasteiger partial charge in [0.1, 0.15) is 77.4 Å². The van der Waals surface area contributed by atoms with Gasteiger partial charge >= 0.3 is 40.4 Å². The number of aromatic amines is 3. The van der Waals surface area contributed by atoms with Crippen molar-refractivity contribution in [2.75, 3.05) is 74.0 Å². The van der Waals surface area contributed by atoms with Crippen molar-refractivity contribution in [1.82, 2.24) is 119 Å². The number of anilines is 6. The van der Waals surface area contributed by atoms with Gasteiger partial charge in [-0.3, -0.25) is 61.1 Å². The number of aliphatic hydroxyl groups is 2. The third kappa shape index (κ3) is 19.0. The lowest BCUT2D eigenvalue weighted by molar-refractivity contribution is -0.0576. The molecule has 0 aromatic carbocycles. The Bertz CT molecular complexity index is 6790. The number of aromatic nitrogens is 24. The van der Waals surface area contributed by atoms with Crippen LogP contribution in [0.2, 0.25) is 0 Å². The Morgan fingerprint density at radius 1 is 0.451 bits per heavy atom. The first kappa shape index (κ1) is 94.9. The van der Waals surface area contributed by atoms with Gasteiger partial charge in [-0.05, 0) is 77.2 Å². The van der Waals surface area contributed by atoms with E-state index in [2.05, 4.69) is 103 Å². The second-order valence-electron chi connectivity index (χ2n) is 30.2. The van der Waals surface area contributed by atoms with Crippen LogP contribution in [0, 0.1) is 0 Å². The number of fused-ring (bicyclic) bond motifs is 15. The molecule has 0 radical (unpaired) electrons. The first-order valence-electron chi connectivity index (χ1n) is 38.7. The highest BCUT2D eigenvalue weighted by atomic mass is 32.7. The number of halogens is 2. The van der Waals surface area contributed by atoms with E-state index < -0.39 is 215 Å². The molecule has 6 unspecified atom stereocenters. The Morgan fingerprint density at radius 2 is 0.925 bits per heavy atom. The fourth-order valence-corrected chi connectivity index (χ4v) is 27.6. The second-order valence-corrected chi connectivity index (χ2v) is 49.7. The largest absolute Gasteiger partial charge is 0.397 e. The minimum Gasteiger partial charge on any atom is -0.397 e. The van der Waals surface area contributed by atoms with E-state index in [1.54, 1.807) is 22.9 Å². The van der Waals surface area contributed by atoms with E-state index in [0.717, 1.165) is 34.5 Å². The van der Waals surface area contributed by atoms with Crippen LogP contribution in [0.3, 0.4) is 0 Å². The van der Waals surface area contributed by atoms with Crippen molar-refractivity contribution in [3.63, 3.8) is 0 Å². The lowest BCUT2D eigenvalue weighted by Gasteiger charge is -2.27. The molecule has 0 saturated carbocycles. The molecule has 0 spiro atoms. The second kappa shape index (κ2) is 36.6. The lowest BCUT2D eigenvalue weighted by Crippen LogP contribution is -2.35. The SMILES string of the molecule is Nc1nc2c(ncn2[C@@H]2O[C@@H]3COP(O)(=S)O[C@H]4C[C@H](n5cnc6c(N)ccnc65)O[C@@H]4COP(=O)(S)O[C@@H]2[C@@H]3F)c(=O)[nH]1.Nc1nc2c(nnn2[C@@H]2S[C@@H]3COP(O)(=S)O[C@H]4C[C@H](c5cnc6c(N)ccnn56)O[C@@H]4COP(O)(=S)O[C@@H]2[C@@H]3O)c(=O)[nH]1.Nc1nc2c(nnn2[C@@H]2S[C@@H]3COP(O)(=S)O[C@H]4[C@H](F)[C@H](n5nnc6c(N)ccnc65)O[C@@H]4COP(O)(=S)O[C@@H]2[C@@H]3O)c(=O)[nH]1. The highest BCUT2D eigenvalue weighted by Gasteiger charge is 2.57. The Morgan fingerprint density at radius 3 is 1.53 bits per heavy atom. The highest BCUT2D eigenvalue weighted by molar-refractivity contribution is 8.44. The predicted molar refractivity (Wildman–Crippen MR) is 478 cm³/mol. The first-order valence-corrected chi connectivity index (χ1v) is 56.2. The Hall–Kier alpha value is -7.03. The average molecular weight is 2120 g/mol. The van der Waals surface area contributed by atoms with Crippen LogP contribution in [0.5, 0.6) is 0 Å². The van der Waals surface area contributed by atoms with Gasteiger partial charge in [-0.15, -0.1) is 38.8 Å². The van der Waals surface area contributed by atoms with Crippen molar-refractivity contribution in [3.8, 4) is 0 Å². The number of ether oxygens (including phenoxy) is 4. The number of nitrogens with two attached hydrogens (primary N) is 6. The van der Waals surface area contributed by atoms with Crippen LogP contribution in [0.4, 0.5) is 43.7 Å². The van der Waals surface area contributed by atoms with Gasteiger partial charge in [-0.2, -0.15) is 24.7 Å². The Kier molecular flexibility index (Phi) is 26.1. The fourth-order valence-electron chi connectivity index (χ4n) is 15.6. The number of imidazole rings is 3. The minimum absolute atomic E-state index is 0.00637. The molecule has 22 N–H and O–H groups in total. The molecule has 21 rings (SSSR count). The van der Waals surface area contributed by atoms with Crippen molar-refractivity contribution in [1.29, 1.82) is 0 Å². The maximum absolute atomic E-state index is 16.0. The zero-order valence-electron chi connectivity index (χ0n) is 66.4. The molecule has 21 heterocycles. The van der Waals surface area contributed by atoms with E-state index in [-0.39, 0.29) is 94.2 Å². The van der Waals surface area contributed by atoms with Crippen molar-refractivity contribution in [2.45, 2.75) is 144 Å². The average Bonchev–Trinajstić information content (AvgIpc) is 1.60. The number of thiol groups is 1. The maximum Gasteiger partial charge on any atom is 0.386 e. The van der Waals surface area contributed by atoms with E-state index in [1.165, 1.54) is 49.4 Å². The standard InChI is InChI=1S/C21H24FN9O9P2S2.C20H24N10O9P2S3.C19H22FN11O9P2S3/c22-13-11-5-36-41(33,43)39-9-3-12(30-6-26-14-8(23)1-2-25-17(14)30)37-10(9)4-35-42(34,44)40-16(13)20(38-11)31-7-27-15-18(31)28-21(24)29-19(15)32;21-7-1-2-24-29-8(4-23-16(7)29)9-3-10-11(37-9)5-35-41(34,43)39-15-14(31)12(6-36-40(33,42)38-10)44-19(15)30-17-13(27-28-30)18(32)26-20(22)25-17;20-8-12-6(38-17(8)30-14-9(26-28-30)5(21)1-2-23-14)3-36-41(34,43)40-13-11(32)7(4-37-42(35,44)39-12)45-18(13)31-15-10(27-29-31)16(33)25-19(22)24-15/h1-2,6-7,9-13,16,20H,3-5H2,(H2,23,25)(H,33,43)(H,34,44)(H3,24,28,29,32);1-2,4,9-12,14-15,19,31H,3,5-6,21H2,(H,33,42)(H,34,43)(H3,22,25,26,32);1-2,6-8,11-13,17-18,32H,3-4H2,(H2,21,23)(H,34,43)(H,35,44)(H3,22,24,25,33)/t9-,10+,11+,12+,13+,16+,20+,41?,42?;9-,10+,11-,12-,14-,15-,19-,40?,41?;6-,7-,8+,11-,12-,13-,17-,18-,41?,42?/m011/s1. The van der Waals surface area contributed by atoms with E-state index in [1.807, 2.05) is 0 Å². The van der Waals surface area contributed by atoms with Gasteiger partial charge in [-0.25, -0.2) is 52.1 Å². The number of hydrogen-bond acceptors (Lipinski definition) is 50. The third-order valence-corrected chi connectivity index (χ3v) is 34.1. The number of rotatable bonds is 6. The van der Waals surface area contributed by atoms with Gasteiger partial charge in [0.2, 0.25) is 17.8 Å². The molecule has 9 aliphatic heterocycles. The number of hydrogen-bond donors (Lipinski definition) is 17. The van der Waals surface area contributed by atoms with Gasteiger partial charge in [0, 0.05) is 25.2 Å². The molecule has 9 aliphatic rings. The van der Waals surface area contributed by atoms with Crippen molar-refractivity contribution < 1.29 is 121 Å². The van der Waals surface area contributed by atoms with Crippen molar-refractivity contribution in [2.24, 2.45) is 0 Å². The van der Waals surface area contributed by atoms with Gasteiger partial charge < -0.3 is 120 Å². The van der Waals surface area contributed by atoms with Crippen LogP contribution in [-0.2, 0) is 137 Å². The number of nitrogens with one attached hydrogen (secondary N) is 3. The maximum atomic E-state index is 16.0. The topological polar surface area (TPSA) is 783 Å². The summed E-state index contributed by atoms with van der Waals surface area (Å²) >= 11 is 32.5. The number of H-pyrrole nitrogens is 3. The summed E-state index contributed by atoms with van der Waals surface area (Å²) in [7, 11) is 0. The van der Waals surface area contributed by atoms with E-state index >= 15 is 8.78 Å². The van der Waals surface area contributed by atoms with Crippen LogP contribution >= 0.6 is 76.2 Å². The first-order chi connectivity index (χ1) is 63.1. The van der Waals surface area contributed by atoms with Gasteiger partial charge in [0.25, 0.3) is 16.7 Å². The van der Waals surface area contributed by atoms with Gasteiger partial charge in [0.05, 0.1) is 122 Å². The monoisotopic (exact) mass is 2120 g/mol. The van der Waals surface area contributed by atoms with Crippen LogP contribution in [0.15, 0.2) is 70.0 Å². The fraction of sp³-hybridized carbons (Fsp3) is 0.500. The van der Waals surface area contributed by atoms with E-state index in [9.17, 15) is 53.6 Å². The zero-order valence-corrected chi connectivity index (χ0v) is 78.4. The molecule has 9 saturated heterocycles. The van der Waals surface area contributed by atoms with E-state index in [4.69, 9.17) is 167 Å². The number of nitrogen functional groups attached to an aromatic ring is 6. The molecular formula is C60H70F2N30O27P6S8. The van der Waals surface area contributed by atoms with Crippen LogP contribution in [0.1, 0.15) is 54.1 Å². The number of pyridine rings is 2. The number of alkyl halides is 2. The number of thioether (sulfide) groups is 2. The molecular weight excluding hydrogens is 2050 g/mol. The summed E-state index contributed by atoms with van der Waals surface area (Å²) in [6.07, 6.45) is -14.3. The molecule has 6 bridgehead atoms. The molecule has 57 nitrogen and oxygen atoms in total. The summed E-state index contributed by atoms with van der Waals surface area (Å²) in [6.45, 7) is -27.5. The lowest BCUT2D eigenvalue weighted by atomic mass is 10.1. The third-order valence-electron chi connectivity index (χ3n) is 21.6. The molecule has 133 heavy (non-hydrogen) atoms. The molecule has 9 fully saturated rings. The molecule has 12 aromatic rings. The molecule has 73 heteroatoms. The number of aliphatic hydroxyl groups excluding tert-OH is 2. The smallest absolute Gasteiger partial charge is 0.386 e. The van der Waals surface area contributed by atoms with Crippen LogP contribution in [0.25, 0.3) is 61.5 Å². The van der Waals surface area contributed by atoms with Crippen molar-refractivity contribution >= 4 is 232 Å². The van der Waals surface area contributed by atoms with Crippen LogP contribution < -0.4 is 51.1 Å². The quantitative estimate of drug-likeness (QED) is 0.0756. The van der Waals surface area contributed by atoms with Crippen LogP contribution in [-0.4, -0.2) is 289 Å². The Balaban J connectivity index is 0.000000129. The van der Waals surface area contributed by atoms with Crippen molar-refractivity contribution in [3.05, 3.63) is 92.4 Å². The zero-order chi connectivity index (χ0) is 93.8. The summed E-state index contributed by atoms with van der Waals surface area (Å²) in [5.41, 5.74) is 36.0. The Labute approximate surface area is 777 Å². The molecule has 0 aliphatic carbocycles. The van der Waals surface area contributed by atoms with Gasteiger partial charge in [0.15, 0.2) is 80.7 Å². The molecule has 0 amide bonds. The summed E-state index contributed by atoms with van der Waals surface area (Å²) in [6, 6.07) is 4.72. The summed E-state index contributed by atoms with van der Waals surface area (Å²) in [5.74, 6) is -0.635. The summed E-state index contributed by atoms with van der Waals surface area (Å²) < 4.78 is 145. The molecule has 714 valence electrons. The molecule has 28 atom stereocenters. The summed E-state index contributed by atoms with van der Waals surface area (Å²) in [5, 5.41) is 46.7. The predicted octanol–water partition coefficient (Wildman–Crippen LogP) is -0.218. The molecule has 12 aromatic heterocycles. The highest BCUT2D eigenvalue weighted by Crippen LogP contribution is 2.62. The van der Waals surface area contributed by atoms with E-state index in [0.29, 0.717) is 33.9 Å². The van der Waals surface area contributed by atoms with Gasteiger partial charge in [-0.1, -0.05) is 27.9 Å². The summed E-state index contributed by atoms with van der Waals surface area (Å²) in [4.78, 5) is 132. The number of nitrogens with zero attached hydrogens (tertiary/aromatic N) is 21. The normalized spacial score (nSPS) is 36.9. The minimum atomic E-state index is -4.34.